The molecule has 7 nitrogen and oxygen atoms in total. The minimum absolute atomic E-state index is 0.228. The van der Waals surface area contributed by atoms with E-state index in [-0.39, 0.29) is 35.4 Å². The average Bonchev–Trinajstić information content (AvgIpc) is 3.52. The maximum absolute atomic E-state index is 14.8. The first-order valence-electron chi connectivity index (χ1n) is 13.8. The number of carbonyl (C=O) groups is 3. The predicted molar refractivity (Wildman–Crippen MR) is 162 cm³/mol. The van der Waals surface area contributed by atoms with Crippen LogP contribution in [0, 0.1) is 17.2 Å². The van der Waals surface area contributed by atoms with E-state index in [1.54, 1.807) is 48.5 Å². The number of carbonyl (C=O) groups excluding carboxylic acids is 3. The van der Waals surface area contributed by atoms with Crippen LogP contribution in [0.5, 0.6) is 5.75 Å². The molecule has 1 amide bonds. The number of para-hydroxylation sites is 2. The molecule has 3 aliphatic rings. The normalized spacial score (nSPS) is 22.7. The number of halogens is 1. The molecule has 0 saturated carbocycles. The Labute approximate surface area is 253 Å². The van der Waals surface area contributed by atoms with Crippen LogP contribution in [0.2, 0.25) is 5.02 Å². The minimum Gasteiger partial charge on any atom is -0.478 e. The number of nitriles is 1. The second kappa shape index (κ2) is 10.3. The summed E-state index contributed by atoms with van der Waals surface area (Å²) in [7, 11) is 0. The van der Waals surface area contributed by atoms with E-state index in [0.717, 1.165) is 11.1 Å². The van der Waals surface area contributed by atoms with E-state index in [2.05, 4.69) is 5.32 Å². The van der Waals surface area contributed by atoms with Gasteiger partial charge in [0.1, 0.15) is 23.3 Å². The number of rotatable bonds is 6. The van der Waals surface area contributed by atoms with Crippen molar-refractivity contribution in [1.29, 1.82) is 5.26 Å². The zero-order valence-corrected chi connectivity index (χ0v) is 23.5. The molecule has 8 heteroatoms. The first kappa shape index (κ1) is 26.7. The number of nitrogens with zero attached hydrogens (tertiary/aromatic N) is 2. The van der Waals surface area contributed by atoms with Crippen LogP contribution in [0.3, 0.4) is 0 Å². The van der Waals surface area contributed by atoms with Crippen molar-refractivity contribution < 1.29 is 19.1 Å². The highest BCUT2D eigenvalue weighted by molar-refractivity contribution is 6.30. The molecule has 3 aliphatic heterocycles. The standard InChI is InChI=1S/C35H24ClN3O4/c36-23-15-13-22(14-16-23)31(40)29-30(32(41)25-9-3-6-12-28(25)43-20-18-37)39-19-17-21-7-1-2-8-24(21)33(39)35(29)26-10-4-5-11-27(26)38-34(35)42/h1-17,19,29-30,33H,20H2,(H,38,42)/t29-,30+,33+,35-/m1/s1. The summed E-state index contributed by atoms with van der Waals surface area (Å²) >= 11 is 6.18. The second-order valence-electron chi connectivity index (χ2n) is 10.8. The van der Waals surface area contributed by atoms with Crippen LogP contribution < -0.4 is 10.1 Å². The fourth-order valence-corrected chi connectivity index (χ4v) is 7.15. The highest BCUT2D eigenvalue weighted by atomic mass is 35.5. The summed E-state index contributed by atoms with van der Waals surface area (Å²) in [5, 5.41) is 12.7. The molecule has 0 unspecified atom stereocenters. The van der Waals surface area contributed by atoms with Crippen LogP contribution in [-0.4, -0.2) is 35.0 Å². The highest BCUT2D eigenvalue weighted by Crippen LogP contribution is 2.62. The van der Waals surface area contributed by atoms with Gasteiger partial charge in [-0.25, -0.2) is 0 Å². The van der Waals surface area contributed by atoms with Gasteiger partial charge in [-0.05, 0) is 65.2 Å². The number of fused-ring (bicyclic) bond motifs is 6. The Morgan fingerprint density at radius 3 is 2.47 bits per heavy atom. The maximum atomic E-state index is 14.8. The van der Waals surface area contributed by atoms with Crippen molar-refractivity contribution >= 4 is 40.8 Å². The van der Waals surface area contributed by atoms with Gasteiger partial charge in [-0.1, -0.05) is 66.2 Å². The molecular formula is C35H24ClN3O4. The van der Waals surface area contributed by atoms with E-state index in [0.29, 0.717) is 21.8 Å². The fourth-order valence-electron chi connectivity index (χ4n) is 7.03. The van der Waals surface area contributed by atoms with Gasteiger partial charge < -0.3 is 15.0 Å². The van der Waals surface area contributed by atoms with Gasteiger partial charge in [0.2, 0.25) is 5.91 Å². The van der Waals surface area contributed by atoms with Crippen molar-refractivity contribution in [3.8, 4) is 11.8 Å². The first-order valence-corrected chi connectivity index (χ1v) is 14.2. The van der Waals surface area contributed by atoms with Gasteiger partial charge in [-0.15, -0.1) is 0 Å². The quantitative estimate of drug-likeness (QED) is 0.270. The van der Waals surface area contributed by atoms with Gasteiger partial charge in [0.05, 0.1) is 17.5 Å². The molecule has 210 valence electrons. The van der Waals surface area contributed by atoms with Crippen molar-refractivity contribution in [2.45, 2.75) is 17.5 Å². The third-order valence-electron chi connectivity index (χ3n) is 8.70. The minimum atomic E-state index is -1.45. The van der Waals surface area contributed by atoms with E-state index < -0.39 is 23.4 Å². The molecule has 4 aromatic carbocycles. The van der Waals surface area contributed by atoms with Gasteiger partial charge in [0.15, 0.2) is 18.2 Å². The number of hydrogen-bond donors (Lipinski definition) is 1. The van der Waals surface area contributed by atoms with Gasteiger partial charge in [-0.2, -0.15) is 5.26 Å². The lowest BCUT2D eigenvalue weighted by molar-refractivity contribution is -0.122. The summed E-state index contributed by atoms with van der Waals surface area (Å²) in [5.41, 5.74) is 2.15. The molecule has 1 fully saturated rings. The molecule has 4 atom stereocenters. The number of amides is 1. The van der Waals surface area contributed by atoms with Gasteiger partial charge in [0.25, 0.3) is 0 Å². The van der Waals surface area contributed by atoms with Crippen LogP contribution in [0.1, 0.15) is 43.4 Å². The maximum Gasteiger partial charge on any atom is 0.238 e. The Hall–Kier alpha value is -5.19. The number of anilines is 1. The fraction of sp³-hybridized carbons (Fsp3) is 0.143. The van der Waals surface area contributed by atoms with Gasteiger partial charge >= 0.3 is 0 Å². The summed E-state index contributed by atoms with van der Waals surface area (Å²) in [6.45, 7) is -0.249. The number of benzene rings is 4. The summed E-state index contributed by atoms with van der Waals surface area (Å²) in [5.74, 6) is -1.97. The lowest BCUT2D eigenvalue weighted by atomic mass is 9.62. The third kappa shape index (κ3) is 3.91. The molecule has 4 aromatic rings. The molecule has 1 N–H and O–H groups in total. The number of hydrogen-bond acceptors (Lipinski definition) is 6. The van der Waals surface area contributed by atoms with Crippen LogP contribution in [-0.2, 0) is 10.2 Å². The molecule has 43 heavy (non-hydrogen) atoms. The molecule has 1 spiro atoms. The van der Waals surface area contributed by atoms with E-state index in [1.165, 1.54) is 0 Å². The molecule has 0 aromatic heterocycles. The van der Waals surface area contributed by atoms with Gasteiger partial charge in [0, 0.05) is 22.5 Å². The Morgan fingerprint density at radius 2 is 1.65 bits per heavy atom. The Bertz CT molecular complexity index is 1880. The molecule has 0 aliphatic carbocycles. The smallest absolute Gasteiger partial charge is 0.238 e. The topological polar surface area (TPSA) is 99.5 Å². The van der Waals surface area contributed by atoms with Gasteiger partial charge in [-0.3, -0.25) is 14.4 Å². The molecule has 7 rings (SSSR count). The van der Waals surface area contributed by atoms with Crippen molar-refractivity contribution in [2.24, 2.45) is 5.92 Å². The van der Waals surface area contributed by atoms with Crippen molar-refractivity contribution in [3.63, 3.8) is 0 Å². The number of Topliss-reactive ketones (excluding diaryl/α,β-unsaturated/α-hetero) is 2. The first-order chi connectivity index (χ1) is 21.0. The molecule has 3 heterocycles. The summed E-state index contributed by atoms with van der Waals surface area (Å²) in [6.07, 6.45) is 3.73. The average molecular weight is 586 g/mol. The largest absolute Gasteiger partial charge is 0.478 e. The summed E-state index contributed by atoms with van der Waals surface area (Å²) < 4.78 is 5.65. The number of ketones is 2. The van der Waals surface area contributed by atoms with Crippen LogP contribution in [0.15, 0.2) is 103 Å². The predicted octanol–water partition coefficient (Wildman–Crippen LogP) is 6.22. The Balaban J connectivity index is 1.52. The van der Waals surface area contributed by atoms with Crippen LogP contribution in [0.4, 0.5) is 5.69 Å². The Kier molecular flexibility index (Phi) is 6.37. The zero-order chi connectivity index (χ0) is 29.7. The summed E-state index contributed by atoms with van der Waals surface area (Å²) in [6, 6.07) is 28.5. The Morgan fingerprint density at radius 1 is 0.930 bits per heavy atom. The molecule has 0 bridgehead atoms. The lowest BCUT2D eigenvalue weighted by Gasteiger charge is -2.38. The zero-order valence-electron chi connectivity index (χ0n) is 22.7. The monoisotopic (exact) mass is 585 g/mol. The van der Waals surface area contributed by atoms with Crippen LogP contribution in [0.25, 0.3) is 6.08 Å². The van der Waals surface area contributed by atoms with Crippen molar-refractivity contribution in [2.75, 3.05) is 11.9 Å². The number of nitrogens with one attached hydrogen (secondary N) is 1. The highest BCUT2D eigenvalue weighted by Gasteiger charge is 2.70. The second-order valence-corrected chi connectivity index (χ2v) is 11.2. The molecule has 0 radical (unpaired) electrons. The van der Waals surface area contributed by atoms with Crippen LogP contribution >= 0.6 is 11.6 Å². The SMILES string of the molecule is N#CCOc1ccccc1C(=O)[C@@H]1[C@H](C(=O)c2ccc(Cl)cc2)[C@@]2(C(=O)Nc3ccccc32)[C@@H]2c3ccccc3C=CN12. The van der Waals surface area contributed by atoms with E-state index in [9.17, 15) is 14.4 Å². The van der Waals surface area contributed by atoms with Crippen molar-refractivity contribution in [1.82, 2.24) is 4.90 Å². The third-order valence-corrected chi connectivity index (χ3v) is 8.95. The number of ether oxygens (including phenoxy) is 1. The van der Waals surface area contributed by atoms with Crippen molar-refractivity contribution in [3.05, 3.63) is 136 Å². The van der Waals surface area contributed by atoms with E-state index >= 15 is 0 Å². The molecule has 1 saturated heterocycles. The van der Waals surface area contributed by atoms with E-state index in [1.807, 2.05) is 71.8 Å². The summed E-state index contributed by atoms with van der Waals surface area (Å²) in [4.78, 5) is 46.0. The molecular weight excluding hydrogens is 562 g/mol. The van der Waals surface area contributed by atoms with E-state index in [4.69, 9.17) is 21.6 Å². The lowest BCUT2D eigenvalue weighted by Crippen LogP contribution is -2.49.